The maximum Gasteiger partial charge on any atom is 0.202 e. The largest absolute Gasteiger partial charge is 0.399 e. The summed E-state index contributed by atoms with van der Waals surface area (Å²) in [6, 6.07) is 12.7. The number of aliphatic hydroxyl groups is 1. The average Bonchev–Trinajstić information content (AvgIpc) is 2.88. The lowest BCUT2D eigenvalue weighted by Gasteiger charge is -2.26. The first-order valence-corrected chi connectivity index (χ1v) is 14.3. The minimum absolute atomic E-state index is 0.0935. The Hall–Kier alpha value is -2.66. The molecule has 0 unspecified atom stereocenters. The predicted octanol–water partition coefficient (Wildman–Crippen LogP) is 7.77. The molecule has 0 saturated heterocycles. The number of carbonyl (C=O) groups excluding carboxylic acids is 2. The fourth-order valence-electron chi connectivity index (χ4n) is 4.78. The molecule has 0 heterocycles. The molecule has 204 valence electrons. The summed E-state index contributed by atoms with van der Waals surface area (Å²) in [5.74, 6) is -0.348. The molecule has 0 saturated carbocycles. The van der Waals surface area contributed by atoms with Gasteiger partial charge in [-0.15, -0.1) is 0 Å². The molecule has 0 spiro atoms. The molecule has 0 aliphatic carbocycles. The van der Waals surface area contributed by atoms with Crippen molar-refractivity contribution in [3.05, 3.63) is 59.7 Å². The van der Waals surface area contributed by atoms with Gasteiger partial charge in [-0.3, -0.25) is 9.59 Å². The molecular weight excluding hydrogens is 460 g/mol. The number of hydrogen-bond donors (Lipinski definition) is 3. The quantitative estimate of drug-likeness (QED) is 0.0778. The Morgan fingerprint density at radius 3 is 1.30 bits per heavy atom. The Morgan fingerprint density at radius 2 is 0.946 bits per heavy atom. The summed E-state index contributed by atoms with van der Waals surface area (Å²) in [5.41, 5.74) is 11.0. The van der Waals surface area contributed by atoms with E-state index in [1.165, 1.54) is 57.8 Å². The third-order valence-corrected chi connectivity index (χ3v) is 7.17. The van der Waals surface area contributed by atoms with Crippen molar-refractivity contribution in [2.24, 2.45) is 5.92 Å². The summed E-state index contributed by atoms with van der Waals surface area (Å²) in [5, 5.41) is 11.4. The first-order chi connectivity index (χ1) is 17.7. The van der Waals surface area contributed by atoms with E-state index in [-0.39, 0.29) is 17.5 Å². The second kappa shape index (κ2) is 16.2. The summed E-state index contributed by atoms with van der Waals surface area (Å²) in [4.78, 5) is 26.6. The predicted molar refractivity (Wildman–Crippen MR) is 155 cm³/mol. The van der Waals surface area contributed by atoms with Crippen molar-refractivity contribution < 1.29 is 14.7 Å². The zero-order valence-corrected chi connectivity index (χ0v) is 23.0. The van der Waals surface area contributed by atoms with Crippen molar-refractivity contribution in [2.75, 3.05) is 11.5 Å². The van der Waals surface area contributed by atoms with Crippen molar-refractivity contribution in [3.8, 4) is 0 Å². The standard InChI is InChI=1S/C32H48N2O3/c1-25(2)15-13-11-9-7-5-3-4-6-8-10-12-14-24-32(37,30(35)26-16-20-28(33)21-17-26)31(36)27-18-22-29(34)23-19-27/h16-23,25,37H,3-15,24,33-34H2,1-2H3. The van der Waals surface area contributed by atoms with Crippen LogP contribution in [0.2, 0.25) is 0 Å². The van der Waals surface area contributed by atoms with Crippen LogP contribution in [0.25, 0.3) is 0 Å². The van der Waals surface area contributed by atoms with Crippen LogP contribution in [0.5, 0.6) is 0 Å². The van der Waals surface area contributed by atoms with Crippen LogP contribution in [0, 0.1) is 5.92 Å². The second-order valence-electron chi connectivity index (χ2n) is 10.9. The van der Waals surface area contributed by atoms with Crippen molar-refractivity contribution in [3.63, 3.8) is 0 Å². The van der Waals surface area contributed by atoms with Gasteiger partial charge in [-0.1, -0.05) is 90.9 Å². The second-order valence-corrected chi connectivity index (χ2v) is 10.9. The summed E-state index contributed by atoms with van der Waals surface area (Å²) in [6.45, 7) is 4.59. The monoisotopic (exact) mass is 508 g/mol. The fraction of sp³-hybridized carbons (Fsp3) is 0.562. The van der Waals surface area contributed by atoms with E-state index in [2.05, 4.69) is 13.8 Å². The number of hydrogen-bond acceptors (Lipinski definition) is 5. The summed E-state index contributed by atoms with van der Waals surface area (Å²) >= 11 is 0. The first-order valence-electron chi connectivity index (χ1n) is 14.3. The molecule has 0 radical (unpaired) electrons. The summed E-state index contributed by atoms with van der Waals surface area (Å²) in [7, 11) is 0. The summed E-state index contributed by atoms with van der Waals surface area (Å²) in [6.07, 6.45) is 15.7. The zero-order chi connectivity index (χ0) is 27.1. The van der Waals surface area contributed by atoms with Gasteiger partial charge in [0.05, 0.1) is 0 Å². The number of ketones is 2. The lowest BCUT2D eigenvalue weighted by molar-refractivity contribution is 0.0253. The molecule has 5 heteroatoms. The van der Waals surface area contributed by atoms with Gasteiger partial charge in [-0.25, -0.2) is 0 Å². The molecule has 37 heavy (non-hydrogen) atoms. The Balaban J connectivity index is 1.77. The van der Waals surface area contributed by atoms with Gasteiger partial charge in [0.25, 0.3) is 0 Å². The van der Waals surface area contributed by atoms with Crippen LogP contribution in [0.1, 0.15) is 124 Å². The minimum atomic E-state index is -2.11. The van der Waals surface area contributed by atoms with Crippen LogP contribution in [0.15, 0.2) is 48.5 Å². The molecule has 5 nitrogen and oxygen atoms in total. The molecule has 0 atom stereocenters. The van der Waals surface area contributed by atoms with E-state index >= 15 is 0 Å². The maximum absolute atomic E-state index is 13.3. The lowest BCUT2D eigenvalue weighted by Crippen LogP contribution is -2.46. The number of unbranched alkanes of at least 4 members (excludes halogenated alkanes) is 11. The van der Waals surface area contributed by atoms with E-state index in [4.69, 9.17) is 11.5 Å². The van der Waals surface area contributed by atoms with E-state index in [0.717, 1.165) is 25.2 Å². The van der Waals surface area contributed by atoms with E-state index in [0.29, 0.717) is 17.8 Å². The lowest BCUT2D eigenvalue weighted by atomic mass is 9.81. The number of rotatable bonds is 19. The van der Waals surface area contributed by atoms with Crippen molar-refractivity contribution in [1.82, 2.24) is 0 Å². The molecule has 2 rings (SSSR count). The third kappa shape index (κ3) is 10.7. The number of Topliss-reactive ketones (excluding diaryl/α,β-unsaturated/α-hetero) is 2. The summed E-state index contributed by atoms with van der Waals surface area (Å²) < 4.78 is 0. The number of nitrogen functional groups attached to an aromatic ring is 2. The fourth-order valence-corrected chi connectivity index (χ4v) is 4.78. The molecule has 0 aromatic heterocycles. The molecule has 0 bridgehead atoms. The van der Waals surface area contributed by atoms with Gasteiger partial charge in [-0.05, 0) is 67.3 Å². The van der Waals surface area contributed by atoms with Gasteiger partial charge in [-0.2, -0.15) is 0 Å². The Labute approximate surface area is 224 Å². The van der Waals surface area contributed by atoms with E-state index in [1.54, 1.807) is 48.5 Å². The van der Waals surface area contributed by atoms with Crippen LogP contribution < -0.4 is 11.5 Å². The number of nitrogens with two attached hydrogens (primary N) is 2. The van der Waals surface area contributed by atoms with Crippen LogP contribution in [0.3, 0.4) is 0 Å². The number of carbonyl (C=O) groups is 2. The van der Waals surface area contributed by atoms with E-state index < -0.39 is 17.2 Å². The number of benzene rings is 2. The Bertz CT molecular complexity index is 878. The number of anilines is 2. The van der Waals surface area contributed by atoms with E-state index in [9.17, 15) is 14.7 Å². The first kappa shape index (κ1) is 30.6. The van der Waals surface area contributed by atoms with Gasteiger partial charge >= 0.3 is 0 Å². The molecule has 0 aliphatic rings. The highest BCUT2D eigenvalue weighted by Crippen LogP contribution is 2.27. The molecular formula is C32H48N2O3. The Morgan fingerprint density at radius 1 is 0.622 bits per heavy atom. The van der Waals surface area contributed by atoms with Gasteiger partial charge in [0.2, 0.25) is 11.6 Å². The van der Waals surface area contributed by atoms with Gasteiger partial charge in [0.15, 0.2) is 5.60 Å². The van der Waals surface area contributed by atoms with Gasteiger partial charge in [0.1, 0.15) is 0 Å². The molecule has 5 N–H and O–H groups in total. The Kier molecular flexibility index (Phi) is 13.4. The topological polar surface area (TPSA) is 106 Å². The third-order valence-electron chi connectivity index (χ3n) is 7.17. The van der Waals surface area contributed by atoms with Crippen molar-refractivity contribution in [2.45, 2.75) is 109 Å². The van der Waals surface area contributed by atoms with Crippen molar-refractivity contribution >= 4 is 22.9 Å². The molecule has 0 amide bonds. The molecule has 0 fully saturated rings. The minimum Gasteiger partial charge on any atom is -0.399 e. The average molecular weight is 509 g/mol. The van der Waals surface area contributed by atoms with Crippen LogP contribution in [-0.2, 0) is 0 Å². The SMILES string of the molecule is CC(C)CCCCCCCCCCCCCCC(O)(C(=O)c1ccc(N)cc1)C(=O)c1ccc(N)cc1. The van der Waals surface area contributed by atoms with E-state index in [1.807, 2.05) is 0 Å². The molecule has 2 aromatic carbocycles. The highest BCUT2D eigenvalue weighted by atomic mass is 16.3. The normalized spacial score (nSPS) is 11.7. The highest BCUT2D eigenvalue weighted by molar-refractivity contribution is 6.22. The molecule has 0 aliphatic heterocycles. The van der Waals surface area contributed by atoms with Gasteiger partial charge in [0, 0.05) is 22.5 Å². The highest BCUT2D eigenvalue weighted by Gasteiger charge is 2.43. The van der Waals surface area contributed by atoms with Gasteiger partial charge < -0.3 is 16.6 Å². The van der Waals surface area contributed by atoms with Crippen LogP contribution in [0.4, 0.5) is 11.4 Å². The van der Waals surface area contributed by atoms with Crippen molar-refractivity contribution in [1.29, 1.82) is 0 Å². The zero-order valence-electron chi connectivity index (χ0n) is 23.0. The molecule has 2 aromatic rings. The maximum atomic E-state index is 13.3. The smallest absolute Gasteiger partial charge is 0.202 e. The van der Waals surface area contributed by atoms with Crippen LogP contribution in [-0.4, -0.2) is 22.3 Å². The van der Waals surface area contributed by atoms with Crippen LogP contribution >= 0.6 is 0 Å².